The molecule has 0 radical (unpaired) electrons. The predicted molar refractivity (Wildman–Crippen MR) is 74.9 cm³/mol. The second-order valence-corrected chi connectivity index (χ2v) is 4.97. The highest BCUT2D eigenvalue weighted by molar-refractivity contribution is 6.35. The Hall–Kier alpha value is -1.32. The molecule has 2 aromatic carbocycles. The molecule has 0 aliphatic rings. The van der Waals surface area contributed by atoms with Gasteiger partial charge in [0.05, 0.1) is 16.8 Å². The lowest BCUT2D eigenvalue weighted by Gasteiger charge is -2.18. The van der Waals surface area contributed by atoms with E-state index in [4.69, 9.17) is 23.2 Å². The number of hydrogen-bond acceptors (Lipinski definition) is 1. The van der Waals surface area contributed by atoms with Crippen molar-refractivity contribution in [3.05, 3.63) is 63.6 Å². The van der Waals surface area contributed by atoms with E-state index in [1.54, 1.807) is 25.1 Å². The lowest BCUT2D eigenvalue weighted by atomic mass is 10.1. The molecule has 0 heterocycles. The maximum absolute atomic E-state index is 13.6. The van der Waals surface area contributed by atoms with Crippen LogP contribution in [0.2, 0.25) is 10.0 Å². The predicted octanol–water partition coefficient (Wildman–Crippen LogP) is 5.44. The van der Waals surface area contributed by atoms with E-state index in [2.05, 4.69) is 5.32 Å². The van der Waals surface area contributed by atoms with E-state index < -0.39 is 17.7 Å². The molecular formula is C14H11Cl2F2N. The van der Waals surface area contributed by atoms with Crippen LogP contribution < -0.4 is 5.32 Å². The third-order valence-electron chi connectivity index (χ3n) is 2.73. The second kappa shape index (κ2) is 5.76. The molecule has 0 bridgehead atoms. The zero-order valence-corrected chi connectivity index (χ0v) is 11.6. The molecule has 0 aromatic heterocycles. The third kappa shape index (κ3) is 3.17. The van der Waals surface area contributed by atoms with Crippen LogP contribution >= 0.6 is 23.2 Å². The molecule has 0 saturated heterocycles. The monoisotopic (exact) mass is 301 g/mol. The van der Waals surface area contributed by atoms with Gasteiger partial charge < -0.3 is 5.32 Å². The quantitative estimate of drug-likeness (QED) is 0.795. The molecule has 19 heavy (non-hydrogen) atoms. The van der Waals surface area contributed by atoms with Crippen molar-refractivity contribution in [3.8, 4) is 0 Å². The first-order valence-corrected chi connectivity index (χ1v) is 6.40. The van der Waals surface area contributed by atoms with Crippen molar-refractivity contribution >= 4 is 28.9 Å². The van der Waals surface area contributed by atoms with E-state index >= 15 is 0 Å². The van der Waals surface area contributed by atoms with E-state index in [0.717, 1.165) is 0 Å². The summed E-state index contributed by atoms with van der Waals surface area (Å²) in [5.74, 6) is -1.20. The minimum absolute atomic E-state index is 0.0291. The maximum Gasteiger partial charge on any atom is 0.131 e. The van der Waals surface area contributed by atoms with Crippen LogP contribution in [0.1, 0.15) is 18.5 Å². The SMILES string of the molecule is CC(Nc1cc(Cl)ccc1Cl)c1c(F)cccc1F. The summed E-state index contributed by atoms with van der Waals surface area (Å²) in [4.78, 5) is 0. The van der Waals surface area contributed by atoms with Crippen LogP contribution in [-0.4, -0.2) is 0 Å². The summed E-state index contributed by atoms with van der Waals surface area (Å²) in [6, 6.07) is 8.07. The van der Waals surface area contributed by atoms with Gasteiger partial charge >= 0.3 is 0 Å². The largest absolute Gasteiger partial charge is 0.377 e. The Morgan fingerprint density at radius 3 is 2.32 bits per heavy atom. The number of nitrogens with one attached hydrogen (secondary N) is 1. The minimum atomic E-state index is -0.599. The average molecular weight is 302 g/mol. The van der Waals surface area contributed by atoms with Crippen LogP contribution in [0.15, 0.2) is 36.4 Å². The second-order valence-electron chi connectivity index (χ2n) is 4.13. The van der Waals surface area contributed by atoms with Crippen molar-refractivity contribution in [3.63, 3.8) is 0 Å². The molecule has 1 nitrogen and oxygen atoms in total. The highest BCUT2D eigenvalue weighted by atomic mass is 35.5. The summed E-state index contributed by atoms with van der Waals surface area (Å²) in [6.07, 6.45) is 0. The smallest absolute Gasteiger partial charge is 0.131 e. The van der Waals surface area contributed by atoms with E-state index in [1.807, 2.05) is 0 Å². The topological polar surface area (TPSA) is 12.0 Å². The molecule has 0 fully saturated rings. The lowest BCUT2D eigenvalue weighted by Crippen LogP contribution is -2.11. The first-order chi connectivity index (χ1) is 8.99. The molecule has 100 valence electrons. The Bertz CT molecular complexity index is 582. The molecule has 1 atom stereocenters. The number of hydrogen-bond donors (Lipinski definition) is 1. The van der Waals surface area contributed by atoms with Crippen molar-refractivity contribution < 1.29 is 8.78 Å². The maximum atomic E-state index is 13.6. The molecular weight excluding hydrogens is 291 g/mol. The van der Waals surface area contributed by atoms with Gasteiger partial charge in [0.15, 0.2) is 0 Å². The molecule has 1 unspecified atom stereocenters. The van der Waals surface area contributed by atoms with Gasteiger partial charge in [-0.25, -0.2) is 8.78 Å². The third-order valence-corrected chi connectivity index (χ3v) is 3.30. The normalized spacial score (nSPS) is 12.3. The van der Waals surface area contributed by atoms with Gasteiger partial charge in [0.1, 0.15) is 11.6 Å². The summed E-state index contributed by atoms with van der Waals surface area (Å²) in [5, 5.41) is 3.88. The summed E-state index contributed by atoms with van der Waals surface area (Å²) in [7, 11) is 0. The van der Waals surface area contributed by atoms with Crippen molar-refractivity contribution in [2.24, 2.45) is 0 Å². The summed E-state index contributed by atoms with van der Waals surface area (Å²) < 4.78 is 27.3. The van der Waals surface area contributed by atoms with Crippen LogP contribution in [0.3, 0.4) is 0 Å². The van der Waals surface area contributed by atoms with Crippen LogP contribution in [0.5, 0.6) is 0 Å². The first kappa shape index (κ1) is 14.1. The Morgan fingerprint density at radius 1 is 1.05 bits per heavy atom. The van der Waals surface area contributed by atoms with Gasteiger partial charge in [0.25, 0.3) is 0 Å². The Balaban J connectivity index is 2.31. The molecule has 0 spiro atoms. The van der Waals surface area contributed by atoms with Gasteiger partial charge in [-0.3, -0.25) is 0 Å². The highest BCUT2D eigenvalue weighted by Gasteiger charge is 2.16. The van der Waals surface area contributed by atoms with E-state index in [-0.39, 0.29) is 5.56 Å². The van der Waals surface area contributed by atoms with E-state index in [9.17, 15) is 8.78 Å². The molecule has 5 heteroatoms. The van der Waals surface area contributed by atoms with Gasteiger partial charge in [0, 0.05) is 10.6 Å². The van der Waals surface area contributed by atoms with Crippen LogP contribution in [0.25, 0.3) is 0 Å². The van der Waals surface area contributed by atoms with E-state index in [0.29, 0.717) is 15.7 Å². The fourth-order valence-corrected chi connectivity index (χ4v) is 2.18. The van der Waals surface area contributed by atoms with Crippen LogP contribution in [-0.2, 0) is 0 Å². The van der Waals surface area contributed by atoms with E-state index in [1.165, 1.54) is 18.2 Å². The minimum Gasteiger partial charge on any atom is -0.377 e. The van der Waals surface area contributed by atoms with Crippen LogP contribution in [0, 0.1) is 11.6 Å². The zero-order valence-electron chi connectivity index (χ0n) is 10.1. The van der Waals surface area contributed by atoms with Crippen molar-refractivity contribution in [2.75, 3.05) is 5.32 Å². The fourth-order valence-electron chi connectivity index (χ4n) is 1.84. The zero-order chi connectivity index (χ0) is 14.0. The van der Waals surface area contributed by atoms with Crippen molar-refractivity contribution in [1.29, 1.82) is 0 Å². The van der Waals surface area contributed by atoms with Gasteiger partial charge in [-0.2, -0.15) is 0 Å². The number of halogens is 4. The summed E-state index contributed by atoms with van der Waals surface area (Å²) in [5.41, 5.74) is 0.503. The lowest BCUT2D eigenvalue weighted by molar-refractivity contribution is 0.544. The van der Waals surface area contributed by atoms with Gasteiger partial charge in [-0.15, -0.1) is 0 Å². The van der Waals surface area contributed by atoms with Crippen molar-refractivity contribution in [1.82, 2.24) is 0 Å². The Labute approximate surface area is 120 Å². The Kier molecular flexibility index (Phi) is 4.27. The average Bonchev–Trinajstić information content (AvgIpc) is 2.33. The van der Waals surface area contributed by atoms with Crippen molar-refractivity contribution in [2.45, 2.75) is 13.0 Å². The highest BCUT2D eigenvalue weighted by Crippen LogP contribution is 2.30. The fraction of sp³-hybridized carbons (Fsp3) is 0.143. The summed E-state index contributed by atoms with van der Waals surface area (Å²) in [6.45, 7) is 1.65. The van der Waals surface area contributed by atoms with Gasteiger partial charge in [-0.05, 0) is 37.3 Å². The number of rotatable bonds is 3. The standard InChI is InChI=1S/C14H11Cl2F2N/c1-8(14-11(17)3-2-4-12(14)18)19-13-7-9(15)5-6-10(13)16/h2-8,19H,1H3. The molecule has 0 aliphatic heterocycles. The molecule has 1 N–H and O–H groups in total. The molecule has 2 aromatic rings. The Morgan fingerprint density at radius 2 is 1.68 bits per heavy atom. The summed E-state index contributed by atoms with van der Waals surface area (Å²) >= 11 is 11.9. The van der Waals surface area contributed by atoms with Gasteiger partial charge in [0.2, 0.25) is 0 Å². The number of benzene rings is 2. The van der Waals surface area contributed by atoms with Crippen LogP contribution in [0.4, 0.5) is 14.5 Å². The molecule has 0 saturated carbocycles. The first-order valence-electron chi connectivity index (χ1n) is 5.64. The molecule has 2 rings (SSSR count). The van der Waals surface area contributed by atoms with Gasteiger partial charge in [-0.1, -0.05) is 29.3 Å². The molecule has 0 aliphatic carbocycles. The molecule has 0 amide bonds. The number of anilines is 1.